The van der Waals surface area contributed by atoms with Crippen molar-refractivity contribution < 1.29 is 9.31 Å². The molecule has 0 saturated heterocycles. The molecule has 0 saturated carbocycles. The van der Waals surface area contributed by atoms with Crippen LogP contribution < -0.4 is 16.6 Å². The average Bonchev–Trinajstić information content (AvgIpc) is 2.42. The molecule has 0 fully saturated rings. The molecule has 1 aromatic carbocycles. The van der Waals surface area contributed by atoms with Gasteiger partial charge in [0.05, 0.1) is 9.95 Å². The minimum absolute atomic E-state index is 0.0208. The number of halogens is 2. The van der Waals surface area contributed by atoms with Gasteiger partial charge in [0.1, 0.15) is 12.0 Å². The molecule has 0 radical (unpaired) electrons. The zero-order valence-corrected chi connectivity index (χ0v) is 10.6. The van der Waals surface area contributed by atoms with Crippen LogP contribution in [0.1, 0.15) is 0 Å². The minimum Gasteiger partial charge on any atom is -0.334 e. The number of nitro groups is 1. The molecule has 4 N–H and O–H groups in total. The van der Waals surface area contributed by atoms with Crippen LogP contribution in [0.3, 0.4) is 0 Å². The standard InChI is InChI=1S/C10H8ClFN6O2/c11-6-2-1-5(3-7(6)12)15-9-8(18(19)20)4-14-10(16-9)17-13/h1-4H,13H2,(H2,14,15,16,17). The normalized spacial score (nSPS) is 10.2. The van der Waals surface area contributed by atoms with Gasteiger partial charge in [-0.1, -0.05) is 11.6 Å². The molecule has 20 heavy (non-hydrogen) atoms. The zero-order chi connectivity index (χ0) is 14.7. The topological polar surface area (TPSA) is 119 Å². The number of nitrogens with zero attached hydrogens (tertiary/aromatic N) is 3. The number of nitrogens with two attached hydrogens (primary N) is 1. The molecule has 0 bridgehead atoms. The summed E-state index contributed by atoms with van der Waals surface area (Å²) in [6.45, 7) is 0. The van der Waals surface area contributed by atoms with Crippen LogP contribution in [0.25, 0.3) is 0 Å². The van der Waals surface area contributed by atoms with Crippen molar-refractivity contribution in [3.63, 3.8) is 0 Å². The lowest BCUT2D eigenvalue weighted by atomic mass is 10.3. The van der Waals surface area contributed by atoms with Gasteiger partial charge in [-0.2, -0.15) is 4.98 Å². The molecule has 0 spiro atoms. The second-order valence-corrected chi connectivity index (χ2v) is 3.99. The highest BCUT2D eigenvalue weighted by molar-refractivity contribution is 6.30. The van der Waals surface area contributed by atoms with E-state index in [1.54, 1.807) is 0 Å². The van der Waals surface area contributed by atoms with E-state index in [0.29, 0.717) is 0 Å². The molecule has 1 aromatic heterocycles. The van der Waals surface area contributed by atoms with Gasteiger partial charge in [0.15, 0.2) is 0 Å². The van der Waals surface area contributed by atoms with Crippen molar-refractivity contribution in [2.75, 3.05) is 10.7 Å². The van der Waals surface area contributed by atoms with Crippen molar-refractivity contribution in [2.45, 2.75) is 0 Å². The van der Waals surface area contributed by atoms with Crippen molar-refractivity contribution in [3.05, 3.63) is 45.4 Å². The number of benzene rings is 1. The maximum Gasteiger partial charge on any atom is 0.329 e. The van der Waals surface area contributed by atoms with Crippen LogP contribution in [0.15, 0.2) is 24.4 Å². The Morgan fingerprint density at radius 3 is 2.80 bits per heavy atom. The fourth-order valence-electron chi connectivity index (χ4n) is 1.38. The van der Waals surface area contributed by atoms with Crippen LogP contribution in [0.2, 0.25) is 5.02 Å². The van der Waals surface area contributed by atoms with E-state index in [9.17, 15) is 14.5 Å². The number of nitrogens with one attached hydrogen (secondary N) is 2. The highest BCUT2D eigenvalue weighted by atomic mass is 35.5. The molecule has 8 nitrogen and oxygen atoms in total. The van der Waals surface area contributed by atoms with E-state index in [2.05, 4.69) is 20.7 Å². The van der Waals surface area contributed by atoms with Crippen LogP contribution in [0.5, 0.6) is 0 Å². The van der Waals surface area contributed by atoms with E-state index < -0.39 is 10.7 Å². The molecule has 0 amide bonds. The van der Waals surface area contributed by atoms with E-state index in [1.807, 2.05) is 0 Å². The average molecular weight is 299 g/mol. The summed E-state index contributed by atoms with van der Waals surface area (Å²) in [5.74, 6) is 4.32. The van der Waals surface area contributed by atoms with Crippen LogP contribution in [-0.2, 0) is 0 Å². The number of nitrogen functional groups attached to an aromatic ring is 1. The van der Waals surface area contributed by atoms with E-state index >= 15 is 0 Å². The first-order chi connectivity index (χ1) is 9.51. The van der Waals surface area contributed by atoms with E-state index in [0.717, 1.165) is 12.3 Å². The monoisotopic (exact) mass is 298 g/mol. The van der Waals surface area contributed by atoms with Crippen molar-refractivity contribution in [3.8, 4) is 0 Å². The Morgan fingerprint density at radius 1 is 1.45 bits per heavy atom. The van der Waals surface area contributed by atoms with Crippen molar-refractivity contribution >= 4 is 34.7 Å². The number of anilines is 3. The fourth-order valence-corrected chi connectivity index (χ4v) is 1.50. The van der Waals surface area contributed by atoms with Gasteiger partial charge >= 0.3 is 5.69 Å². The molecule has 0 aliphatic heterocycles. The molecule has 1 heterocycles. The van der Waals surface area contributed by atoms with E-state index in [4.69, 9.17) is 17.4 Å². The SMILES string of the molecule is NNc1ncc([N+](=O)[O-])c(Nc2ccc(Cl)c(F)c2)n1. The second-order valence-electron chi connectivity index (χ2n) is 3.58. The zero-order valence-electron chi connectivity index (χ0n) is 9.80. The van der Waals surface area contributed by atoms with Crippen LogP contribution in [0.4, 0.5) is 27.5 Å². The fraction of sp³-hybridized carbons (Fsp3) is 0. The summed E-state index contributed by atoms with van der Waals surface area (Å²) in [7, 11) is 0. The molecule has 0 aliphatic carbocycles. The lowest BCUT2D eigenvalue weighted by Crippen LogP contribution is -2.12. The Balaban J connectivity index is 2.40. The van der Waals surface area contributed by atoms with Gasteiger partial charge in [-0.3, -0.25) is 15.5 Å². The number of hydrogen-bond donors (Lipinski definition) is 3. The molecule has 2 rings (SSSR count). The Bertz CT molecular complexity index is 668. The molecule has 0 unspecified atom stereocenters. The van der Waals surface area contributed by atoms with Gasteiger partial charge < -0.3 is 5.32 Å². The first kappa shape index (κ1) is 13.9. The Kier molecular flexibility index (Phi) is 3.91. The summed E-state index contributed by atoms with van der Waals surface area (Å²) in [5.41, 5.74) is 2.03. The van der Waals surface area contributed by atoms with Crippen LogP contribution in [-0.4, -0.2) is 14.9 Å². The molecular weight excluding hydrogens is 291 g/mol. The second kappa shape index (κ2) is 5.63. The maximum absolute atomic E-state index is 13.3. The van der Waals surface area contributed by atoms with Gasteiger partial charge in [0, 0.05) is 5.69 Å². The smallest absolute Gasteiger partial charge is 0.329 e. The predicted octanol–water partition coefficient (Wildman–Crippen LogP) is 2.21. The number of aromatic nitrogens is 2. The van der Waals surface area contributed by atoms with Gasteiger partial charge in [0.2, 0.25) is 11.8 Å². The quantitative estimate of drug-likeness (QED) is 0.449. The molecule has 10 heteroatoms. The van der Waals surface area contributed by atoms with Gasteiger partial charge in [-0.05, 0) is 18.2 Å². The van der Waals surface area contributed by atoms with E-state index in [1.165, 1.54) is 12.1 Å². The summed E-state index contributed by atoms with van der Waals surface area (Å²) in [4.78, 5) is 17.6. The molecular formula is C10H8ClFN6O2. The summed E-state index contributed by atoms with van der Waals surface area (Å²) in [6, 6.07) is 3.85. The van der Waals surface area contributed by atoms with E-state index in [-0.39, 0.29) is 28.2 Å². The third-order valence-electron chi connectivity index (χ3n) is 2.28. The lowest BCUT2D eigenvalue weighted by Gasteiger charge is -2.07. The lowest BCUT2D eigenvalue weighted by molar-refractivity contribution is -0.384. The number of rotatable bonds is 4. The largest absolute Gasteiger partial charge is 0.334 e. The van der Waals surface area contributed by atoms with Crippen molar-refractivity contribution in [2.24, 2.45) is 5.84 Å². The summed E-state index contributed by atoms with van der Waals surface area (Å²) in [5, 5.41) is 13.4. The van der Waals surface area contributed by atoms with Crippen molar-refractivity contribution in [1.82, 2.24) is 9.97 Å². The van der Waals surface area contributed by atoms with Gasteiger partial charge in [-0.25, -0.2) is 15.2 Å². The molecule has 2 aromatic rings. The summed E-state index contributed by atoms with van der Waals surface area (Å²) < 4.78 is 13.3. The summed E-state index contributed by atoms with van der Waals surface area (Å²) >= 11 is 5.55. The summed E-state index contributed by atoms with van der Waals surface area (Å²) in [6.07, 6.45) is 0.983. The molecule has 104 valence electrons. The highest BCUT2D eigenvalue weighted by Gasteiger charge is 2.17. The molecule has 0 aliphatic rings. The molecule has 0 atom stereocenters. The third-order valence-corrected chi connectivity index (χ3v) is 2.58. The van der Waals surface area contributed by atoms with Crippen LogP contribution in [0, 0.1) is 15.9 Å². The van der Waals surface area contributed by atoms with Gasteiger partial charge in [-0.15, -0.1) is 0 Å². The predicted molar refractivity (Wildman–Crippen MR) is 71.2 cm³/mol. The minimum atomic E-state index is -0.672. The number of hydrogen-bond acceptors (Lipinski definition) is 7. The Hall–Kier alpha value is -2.52. The third kappa shape index (κ3) is 2.90. The first-order valence-electron chi connectivity index (χ1n) is 5.21. The highest BCUT2D eigenvalue weighted by Crippen LogP contribution is 2.27. The van der Waals surface area contributed by atoms with Gasteiger partial charge in [0.25, 0.3) is 0 Å². The van der Waals surface area contributed by atoms with Crippen molar-refractivity contribution in [1.29, 1.82) is 0 Å². The Morgan fingerprint density at radius 2 is 2.20 bits per heavy atom. The first-order valence-corrected chi connectivity index (χ1v) is 5.59. The van der Waals surface area contributed by atoms with Crippen LogP contribution >= 0.6 is 11.6 Å². The Labute approximate surface area is 116 Å². The number of hydrazine groups is 1. The maximum atomic E-state index is 13.3.